The SMILES string of the molecule is Cc1ncc([C@H](C)NCc2ccc(CN3CCC(O)CC3)cc2)s1. The second-order valence-corrected chi connectivity index (χ2v) is 7.97. The van der Waals surface area contributed by atoms with Gasteiger partial charge in [0.25, 0.3) is 0 Å². The monoisotopic (exact) mass is 345 g/mol. The standard InChI is InChI=1S/C19H27N3OS/c1-14(19-12-21-15(2)24-19)20-11-16-3-5-17(6-4-16)13-22-9-7-18(23)8-10-22/h3-6,12,14,18,20,23H,7-11,13H2,1-2H3/t14-/m0/s1. The first kappa shape index (κ1) is 17.5. The zero-order valence-corrected chi connectivity index (χ0v) is 15.4. The fourth-order valence-electron chi connectivity index (χ4n) is 3.05. The average molecular weight is 346 g/mol. The number of likely N-dealkylation sites (tertiary alicyclic amines) is 1. The van der Waals surface area contributed by atoms with E-state index in [1.165, 1.54) is 16.0 Å². The summed E-state index contributed by atoms with van der Waals surface area (Å²) >= 11 is 1.76. The Hall–Kier alpha value is -1.27. The highest BCUT2D eigenvalue weighted by atomic mass is 32.1. The summed E-state index contributed by atoms with van der Waals surface area (Å²) in [4.78, 5) is 8.04. The molecule has 1 aliphatic rings. The van der Waals surface area contributed by atoms with Crippen LogP contribution in [-0.4, -0.2) is 34.2 Å². The maximum Gasteiger partial charge on any atom is 0.0897 e. The molecule has 0 saturated carbocycles. The minimum absolute atomic E-state index is 0.0981. The number of aromatic nitrogens is 1. The van der Waals surface area contributed by atoms with Crippen LogP contribution in [0.15, 0.2) is 30.5 Å². The third-order valence-electron chi connectivity index (χ3n) is 4.66. The molecule has 0 spiro atoms. The van der Waals surface area contributed by atoms with Crippen LogP contribution in [0.5, 0.6) is 0 Å². The summed E-state index contributed by atoms with van der Waals surface area (Å²) in [5.74, 6) is 0. The lowest BCUT2D eigenvalue weighted by atomic mass is 10.1. The first-order chi connectivity index (χ1) is 11.6. The molecule has 4 nitrogen and oxygen atoms in total. The van der Waals surface area contributed by atoms with Crippen LogP contribution >= 0.6 is 11.3 Å². The molecule has 1 aromatic heterocycles. The molecule has 2 N–H and O–H groups in total. The van der Waals surface area contributed by atoms with Crippen molar-refractivity contribution in [2.24, 2.45) is 0 Å². The Balaban J connectivity index is 1.47. The predicted molar refractivity (Wildman–Crippen MR) is 99.1 cm³/mol. The van der Waals surface area contributed by atoms with Gasteiger partial charge < -0.3 is 10.4 Å². The van der Waals surface area contributed by atoms with Crippen molar-refractivity contribution in [2.75, 3.05) is 13.1 Å². The maximum absolute atomic E-state index is 9.58. The van der Waals surface area contributed by atoms with E-state index in [2.05, 4.69) is 46.4 Å². The van der Waals surface area contributed by atoms with Crippen LogP contribution in [0.4, 0.5) is 0 Å². The van der Waals surface area contributed by atoms with Gasteiger partial charge in [0.05, 0.1) is 11.1 Å². The number of benzene rings is 1. The van der Waals surface area contributed by atoms with Crippen LogP contribution in [0.3, 0.4) is 0 Å². The molecule has 1 fully saturated rings. The van der Waals surface area contributed by atoms with Gasteiger partial charge in [-0.2, -0.15) is 0 Å². The van der Waals surface area contributed by atoms with Crippen molar-refractivity contribution in [3.63, 3.8) is 0 Å². The summed E-state index contributed by atoms with van der Waals surface area (Å²) < 4.78 is 0. The molecule has 1 atom stereocenters. The van der Waals surface area contributed by atoms with Crippen LogP contribution in [0.25, 0.3) is 0 Å². The van der Waals surface area contributed by atoms with Crippen molar-refractivity contribution in [2.45, 2.75) is 51.9 Å². The molecule has 1 saturated heterocycles. The highest BCUT2D eigenvalue weighted by molar-refractivity contribution is 7.11. The van der Waals surface area contributed by atoms with Gasteiger partial charge in [0.1, 0.15) is 0 Å². The lowest BCUT2D eigenvalue weighted by Crippen LogP contribution is -2.35. The quantitative estimate of drug-likeness (QED) is 0.844. The number of aryl methyl sites for hydroxylation is 1. The minimum Gasteiger partial charge on any atom is -0.393 e. The van der Waals surface area contributed by atoms with Crippen molar-refractivity contribution in [3.05, 3.63) is 51.5 Å². The van der Waals surface area contributed by atoms with E-state index in [4.69, 9.17) is 0 Å². The van der Waals surface area contributed by atoms with Crippen molar-refractivity contribution in [1.82, 2.24) is 15.2 Å². The normalized spacial score (nSPS) is 18.0. The molecule has 0 aliphatic carbocycles. The summed E-state index contributed by atoms with van der Waals surface area (Å²) in [5, 5.41) is 14.3. The Morgan fingerprint density at radius 2 is 1.92 bits per heavy atom. The summed E-state index contributed by atoms with van der Waals surface area (Å²) in [5.41, 5.74) is 2.65. The molecule has 0 unspecified atom stereocenters. The van der Waals surface area contributed by atoms with Gasteiger partial charge in [0, 0.05) is 43.3 Å². The van der Waals surface area contributed by atoms with Gasteiger partial charge in [-0.25, -0.2) is 4.98 Å². The molecule has 24 heavy (non-hydrogen) atoms. The van der Waals surface area contributed by atoms with E-state index >= 15 is 0 Å². The van der Waals surface area contributed by atoms with Crippen LogP contribution < -0.4 is 5.32 Å². The Labute approximate surface area is 148 Å². The third-order valence-corrected chi connectivity index (χ3v) is 5.76. The fraction of sp³-hybridized carbons (Fsp3) is 0.526. The minimum atomic E-state index is -0.0981. The number of aliphatic hydroxyl groups is 1. The molecule has 0 radical (unpaired) electrons. The number of rotatable bonds is 6. The van der Waals surface area contributed by atoms with Crippen molar-refractivity contribution >= 4 is 11.3 Å². The molecule has 0 amide bonds. The smallest absolute Gasteiger partial charge is 0.0897 e. The highest BCUT2D eigenvalue weighted by Crippen LogP contribution is 2.20. The topological polar surface area (TPSA) is 48.4 Å². The second kappa shape index (κ2) is 8.21. The van der Waals surface area contributed by atoms with E-state index < -0.39 is 0 Å². The number of hydrogen-bond donors (Lipinski definition) is 2. The molecule has 130 valence electrons. The maximum atomic E-state index is 9.58. The molecule has 2 heterocycles. The molecule has 5 heteroatoms. The largest absolute Gasteiger partial charge is 0.393 e. The summed E-state index contributed by atoms with van der Waals surface area (Å²) in [6.07, 6.45) is 3.67. The van der Waals surface area contributed by atoms with Gasteiger partial charge in [-0.15, -0.1) is 11.3 Å². The van der Waals surface area contributed by atoms with Crippen LogP contribution in [0.2, 0.25) is 0 Å². The van der Waals surface area contributed by atoms with Gasteiger partial charge in [-0.3, -0.25) is 4.90 Å². The first-order valence-electron chi connectivity index (χ1n) is 8.74. The molecule has 0 bridgehead atoms. The average Bonchev–Trinajstić information content (AvgIpc) is 3.03. The van der Waals surface area contributed by atoms with E-state index in [0.717, 1.165) is 44.0 Å². The van der Waals surface area contributed by atoms with Crippen molar-refractivity contribution in [3.8, 4) is 0 Å². The Bertz CT molecular complexity index is 632. The van der Waals surface area contributed by atoms with E-state index in [-0.39, 0.29) is 6.10 Å². The van der Waals surface area contributed by atoms with Gasteiger partial charge in [-0.1, -0.05) is 24.3 Å². The van der Waals surface area contributed by atoms with E-state index in [1.807, 2.05) is 13.1 Å². The van der Waals surface area contributed by atoms with Crippen LogP contribution in [-0.2, 0) is 13.1 Å². The Morgan fingerprint density at radius 1 is 1.25 bits per heavy atom. The number of hydrogen-bond acceptors (Lipinski definition) is 5. The fourth-order valence-corrected chi connectivity index (χ4v) is 3.86. The lowest BCUT2D eigenvalue weighted by molar-refractivity contribution is 0.0792. The predicted octanol–water partition coefficient (Wildman–Crippen LogP) is 3.26. The third kappa shape index (κ3) is 4.86. The number of aliphatic hydroxyl groups excluding tert-OH is 1. The van der Waals surface area contributed by atoms with Gasteiger partial charge in [0.2, 0.25) is 0 Å². The summed E-state index contributed by atoms with van der Waals surface area (Å²) in [6.45, 7) is 8.08. The molecular weight excluding hydrogens is 318 g/mol. The number of thiazole rings is 1. The Kier molecular flexibility index (Phi) is 6.00. The molecule has 1 aliphatic heterocycles. The summed E-state index contributed by atoms with van der Waals surface area (Å²) in [6, 6.07) is 9.21. The van der Waals surface area contributed by atoms with Crippen LogP contribution in [0.1, 0.15) is 46.8 Å². The molecule has 1 aromatic carbocycles. The van der Waals surface area contributed by atoms with E-state index in [1.54, 1.807) is 11.3 Å². The van der Waals surface area contributed by atoms with Crippen molar-refractivity contribution < 1.29 is 5.11 Å². The lowest BCUT2D eigenvalue weighted by Gasteiger charge is -2.29. The second-order valence-electron chi connectivity index (χ2n) is 6.71. The summed E-state index contributed by atoms with van der Waals surface area (Å²) in [7, 11) is 0. The van der Waals surface area contributed by atoms with Gasteiger partial charge in [-0.05, 0) is 37.8 Å². The zero-order valence-electron chi connectivity index (χ0n) is 14.5. The number of piperidine rings is 1. The molecular formula is C19H27N3OS. The van der Waals surface area contributed by atoms with Crippen LogP contribution in [0, 0.1) is 6.92 Å². The Morgan fingerprint density at radius 3 is 2.54 bits per heavy atom. The zero-order chi connectivity index (χ0) is 16.9. The number of nitrogens with zero attached hydrogens (tertiary/aromatic N) is 2. The van der Waals surface area contributed by atoms with Gasteiger partial charge in [0.15, 0.2) is 0 Å². The van der Waals surface area contributed by atoms with Crippen molar-refractivity contribution in [1.29, 1.82) is 0 Å². The molecule has 2 aromatic rings. The first-order valence-corrected chi connectivity index (χ1v) is 9.56. The number of nitrogens with one attached hydrogen (secondary N) is 1. The van der Waals surface area contributed by atoms with Gasteiger partial charge >= 0.3 is 0 Å². The van der Waals surface area contributed by atoms with E-state index in [9.17, 15) is 5.11 Å². The van der Waals surface area contributed by atoms with E-state index in [0.29, 0.717) is 6.04 Å². The molecule has 3 rings (SSSR count). The highest BCUT2D eigenvalue weighted by Gasteiger charge is 2.16.